The topological polar surface area (TPSA) is 445 Å². The van der Waals surface area contributed by atoms with Crippen molar-refractivity contribution in [3.8, 4) is 0 Å². The molecule has 6 aliphatic heterocycles. The number of aliphatic hydroxyl groups is 12. The summed E-state index contributed by atoms with van der Waals surface area (Å²) in [6, 6.07) is -1.26. The van der Waals surface area contributed by atoms with E-state index >= 15 is 0 Å². The van der Waals surface area contributed by atoms with Gasteiger partial charge in [0.1, 0.15) is 97.6 Å². The molecule has 0 saturated carbocycles. The summed E-state index contributed by atoms with van der Waals surface area (Å²) in [5.41, 5.74) is 0. The number of ether oxygens (including phenoxy) is 8. The number of carbonyl (C=O) groups is 4. The lowest BCUT2D eigenvalue weighted by molar-refractivity contribution is -0.379. The zero-order chi connectivity index (χ0) is 53.8. The van der Waals surface area contributed by atoms with Crippen molar-refractivity contribution in [1.29, 1.82) is 0 Å². The molecule has 30 heteroatoms. The third-order valence-corrected chi connectivity index (χ3v) is 15.3. The Bertz CT molecular complexity index is 1790. The van der Waals surface area contributed by atoms with Crippen LogP contribution < -0.4 is 26.6 Å². The smallest absolute Gasteiger partial charge is 0.315 e. The van der Waals surface area contributed by atoms with Crippen LogP contribution in [0.5, 0.6) is 0 Å². The first kappa shape index (κ1) is 60.5. The lowest BCUT2D eigenvalue weighted by Gasteiger charge is -2.49. The van der Waals surface area contributed by atoms with Gasteiger partial charge < -0.3 is 126 Å². The Morgan fingerprint density at radius 3 is 1.74 bits per heavy atom. The highest BCUT2D eigenvalue weighted by Crippen LogP contribution is 2.35. The molecule has 0 aromatic rings. The van der Waals surface area contributed by atoms with Crippen LogP contribution in [0, 0.1) is 0 Å². The largest absolute Gasteiger partial charge is 0.394 e. The second kappa shape index (κ2) is 28.7. The number of thioether (sulfide) groups is 1. The van der Waals surface area contributed by atoms with E-state index in [0.29, 0.717) is 37.4 Å². The average Bonchev–Trinajstić information content (AvgIpc) is 3.94. The minimum atomic E-state index is -2.11. The molecule has 29 nitrogen and oxygen atoms in total. The minimum Gasteiger partial charge on any atom is -0.394 e. The molecular weight excluding hydrogens is 1010 g/mol. The van der Waals surface area contributed by atoms with E-state index in [9.17, 15) is 80.5 Å². The number of hydrogen-bond donors (Lipinski definition) is 17. The van der Waals surface area contributed by atoms with E-state index in [1.165, 1.54) is 0 Å². The fourth-order valence-electron chi connectivity index (χ4n) is 9.58. The first-order valence-corrected chi connectivity index (χ1v) is 26.0. The third-order valence-electron chi connectivity index (χ3n) is 13.7. The summed E-state index contributed by atoms with van der Waals surface area (Å²) in [4.78, 5) is 49.0. The van der Waals surface area contributed by atoms with Crippen LogP contribution in [-0.4, -0.2) is 277 Å². The number of rotatable bonds is 26. The van der Waals surface area contributed by atoms with Crippen LogP contribution in [0.25, 0.3) is 0 Å². The maximum atomic E-state index is 12.6. The van der Waals surface area contributed by atoms with Gasteiger partial charge >= 0.3 is 6.03 Å². The molecule has 17 N–H and O–H groups in total. The van der Waals surface area contributed by atoms with Crippen molar-refractivity contribution in [2.24, 2.45) is 0 Å². The summed E-state index contributed by atoms with van der Waals surface area (Å²) < 4.78 is 46.1. The van der Waals surface area contributed by atoms with Crippen molar-refractivity contribution < 1.29 is 118 Å². The molecule has 6 aliphatic rings. The van der Waals surface area contributed by atoms with Crippen LogP contribution in [0.1, 0.15) is 58.3 Å². The van der Waals surface area contributed by atoms with Crippen molar-refractivity contribution in [2.45, 2.75) is 198 Å². The lowest BCUT2D eigenvalue weighted by atomic mass is 9.95. The molecule has 0 aromatic heterocycles. The third kappa shape index (κ3) is 15.5. The van der Waals surface area contributed by atoms with Gasteiger partial charge in [-0.25, -0.2) is 4.79 Å². The standard InChI is InChI=1S/C44H75N5O24S/c1-18(53)47-28-38(31(58)22(15-52)68-40(28)66-12-6-2-3-8-25(54)45-10-11-46-26(55)9-5-4-7-24-27-19(17-74-24)48-44(65)49-27)72-43-37(64)39(73-42-36(63)34(61)30(57)21(14-51)70-42)32(59)23(71-43)16-67-41-35(62)33(60)29(56)20(13-50)69-41/h19-24,27-43,50-52,56-64H,2-17H2,1H3,(H,45,54)(H,46,55)(H,47,53)(H2,48,49,65)/t19-,20+,21+,22+,23+,24-,27-,28+,29-,30-,31-,32+,33-,34-,35+,36+,37+,38+,39-,40+,41-,42-,43+/m0/s1. The molecule has 0 aliphatic carbocycles. The van der Waals surface area contributed by atoms with Crippen LogP contribution in [0.4, 0.5) is 4.79 Å². The summed E-state index contributed by atoms with van der Waals surface area (Å²) in [6.45, 7) is -1.65. The second-order valence-electron chi connectivity index (χ2n) is 19.1. The van der Waals surface area contributed by atoms with Gasteiger partial charge in [0.15, 0.2) is 25.2 Å². The first-order valence-electron chi connectivity index (χ1n) is 25.0. The highest BCUT2D eigenvalue weighted by molar-refractivity contribution is 8.00. The predicted octanol–water partition coefficient (Wildman–Crippen LogP) is -8.06. The Morgan fingerprint density at radius 1 is 0.595 bits per heavy atom. The first-order chi connectivity index (χ1) is 35.4. The minimum absolute atomic E-state index is 0.0230. The molecule has 0 spiro atoms. The summed E-state index contributed by atoms with van der Waals surface area (Å²) in [7, 11) is 0. The fourth-order valence-corrected chi connectivity index (χ4v) is 11.1. The number of aliphatic hydroxyl groups excluding tert-OH is 12. The normalized spacial score (nSPS) is 41.2. The van der Waals surface area contributed by atoms with E-state index in [0.717, 1.165) is 25.5 Å². The SMILES string of the molecule is CC(=O)N[C@H]1[C@H](OCCCCCC(=O)NCCNC(=O)CCCC[C@@H]2SC[C@@H]3NC(=O)N[C@@H]32)O[C@H](CO)[C@H](O)[C@@H]1O[C@H]1O[C@H](CO[C@H]2O[C@H](CO)[C@H](O)[C@H](O)[C@H]2O)[C@@H](O)[C@H](O[C@@H]2O[C@H](CO)[C@H](O)[C@H](O)[C@H]2O)[C@H]1O. The molecule has 426 valence electrons. The Hall–Kier alpha value is -2.77. The molecule has 0 radical (unpaired) electrons. The number of nitrogens with one attached hydrogen (secondary N) is 5. The highest BCUT2D eigenvalue weighted by Gasteiger charge is 2.55. The lowest BCUT2D eigenvalue weighted by Crippen LogP contribution is -2.69. The van der Waals surface area contributed by atoms with Crippen LogP contribution in [0.15, 0.2) is 0 Å². The van der Waals surface area contributed by atoms with Crippen LogP contribution in [0.3, 0.4) is 0 Å². The van der Waals surface area contributed by atoms with E-state index < -0.39 is 155 Å². The molecule has 0 aromatic carbocycles. The van der Waals surface area contributed by atoms with Gasteiger partial charge in [-0.15, -0.1) is 0 Å². The fraction of sp³-hybridized carbons (Fsp3) is 0.909. The van der Waals surface area contributed by atoms with Gasteiger partial charge in [0.05, 0.1) is 38.5 Å². The van der Waals surface area contributed by atoms with Crippen molar-refractivity contribution in [3.63, 3.8) is 0 Å². The monoisotopic (exact) mass is 1090 g/mol. The van der Waals surface area contributed by atoms with Crippen molar-refractivity contribution >= 4 is 35.5 Å². The van der Waals surface area contributed by atoms with Gasteiger partial charge in [0, 0.05) is 50.5 Å². The van der Waals surface area contributed by atoms with Gasteiger partial charge in [-0.2, -0.15) is 11.8 Å². The van der Waals surface area contributed by atoms with Crippen LogP contribution >= 0.6 is 11.8 Å². The van der Waals surface area contributed by atoms with Crippen LogP contribution in [-0.2, 0) is 52.3 Å². The van der Waals surface area contributed by atoms with Gasteiger partial charge in [0.25, 0.3) is 0 Å². The number of carbonyl (C=O) groups excluding carboxylic acids is 4. The summed E-state index contributed by atoms with van der Waals surface area (Å²) >= 11 is 1.82. The predicted molar refractivity (Wildman–Crippen MR) is 248 cm³/mol. The van der Waals surface area contributed by atoms with Gasteiger partial charge in [-0.1, -0.05) is 12.8 Å². The molecular formula is C44H75N5O24S. The van der Waals surface area contributed by atoms with Crippen molar-refractivity contribution in [1.82, 2.24) is 26.6 Å². The van der Waals surface area contributed by atoms with Gasteiger partial charge in [-0.3, -0.25) is 14.4 Å². The molecule has 6 rings (SSSR count). The van der Waals surface area contributed by atoms with E-state index in [1.807, 2.05) is 11.8 Å². The molecule has 74 heavy (non-hydrogen) atoms. The zero-order valence-corrected chi connectivity index (χ0v) is 41.6. The van der Waals surface area contributed by atoms with E-state index in [-0.39, 0.29) is 56.0 Å². The van der Waals surface area contributed by atoms with E-state index in [4.69, 9.17) is 37.9 Å². The van der Waals surface area contributed by atoms with Gasteiger partial charge in [0.2, 0.25) is 17.7 Å². The Labute approximate surface area is 429 Å². The summed E-state index contributed by atoms with van der Waals surface area (Å²) in [6.07, 6.45) is -29.5. The molecule has 6 heterocycles. The number of amides is 5. The average molecular weight is 1090 g/mol. The number of urea groups is 1. The maximum Gasteiger partial charge on any atom is 0.315 e. The van der Waals surface area contributed by atoms with Crippen molar-refractivity contribution in [3.05, 3.63) is 0 Å². The summed E-state index contributed by atoms with van der Waals surface area (Å²) in [5.74, 6) is -0.139. The zero-order valence-electron chi connectivity index (χ0n) is 40.8. The molecule has 0 bridgehead atoms. The number of hydrogen-bond acceptors (Lipinski definition) is 25. The molecule has 5 amide bonds. The van der Waals surface area contributed by atoms with Crippen molar-refractivity contribution in [2.75, 3.05) is 51.9 Å². The Balaban J connectivity index is 1.00. The second-order valence-corrected chi connectivity index (χ2v) is 20.4. The van der Waals surface area contributed by atoms with E-state index in [1.54, 1.807) is 0 Å². The Kier molecular flexibility index (Phi) is 23.5. The van der Waals surface area contributed by atoms with Crippen LogP contribution in [0.2, 0.25) is 0 Å². The molecule has 0 unspecified atom stereocenters. The number of fused-ring (bicyclic) bond motifs is 1. The van der Waals surface area contributed by atoms with Gasteiger partial charge in [-0.05, 0) is 25.7 Å². The van der Waals surface area contributed by atoms with E-state index in [2.05, 4.69) is 26.6 Å². The molecule has 6 saturated heterocycles. The number of unbranched alkanes of at least 4 members (excludes halogenated alkanes) is 3. The molecule has 6 fully saturated rings. The Morgan fingerprint density at radius 2 is 1.12 bits per heavy atom. The molecule has 23 atom stereocenters. The quantitative estimate of drug-likeness (QED) is 0.0283. The summed E-state index contributed by atoms with van der Waals surface area (Å²) in [5, 5.41) is 141. The maximum absolute atomic E-state index is 12.6. The highest BCUT2D eigenvalue weighted by atomic mass is 32.2.